The smallest absolute Gasteiger partial charge is 0.418 e. The number of pyridine rings is 2. The van der Waals surface area contributed by atoms with Gasteiger partial charge in [-0.15, -0.1) is 69.6 Å². The van der Waals surface area contributed by atoms with Crippen molar-refractivity contribution < 1.29 is 43.2 Å². The van der Waals surface area contributed by atoms with Gasteiger partial charge >= 0.3 is 6.18 Å². The van der Waals surface area contributed by atoms with Crippen molar-refractivity contribution in [3.8, 4) is 44.8 Å². The number of carbonyl (C=O) groups excluding carboxylic acids is 1. The summed E-state index contributed by atoms with van der Waals surface area (Å²) < 4.78 is 45.1. The molecule has 0 bridgehead atoms. The number of alkyl halides is 3. The maximum atomic E-state index is 14.1. The Labute approximate surface area is 552 Å². The Hall–Kier alpha value is -6.77. The summed E-state index contributed by atoms with van der Waals surface area (Å²) in [5, 5.41) is 16.8. The van der Waals surface area contributed by atoms with E-state index in [1.54, 1.807) is 18.2 Å². The van der Waals surface area contributed by atoms with E-state index < -0.39 is 11.7 Å². The van der Waals surface area contributed by atoms with E-state index in [0.29, 0.717) is 16.8 Å². The second-order valence-corrected chi connectivity index (χ2v) is 29.5. The third-order valence-electron chi connectivity index (χ3n) is 16.8. The molecule has 90 heavy (non-hydrogen) atoms. The van der Waals surface area contributed by atoms with E-state index in [9.17, 15) is 23.1 Å². The van der Waals surface area contributed by atoms with Crippen LogP contribution in [0.25, 0.3) is 86.5 Å². The topological polar surface area (TPSA) is 63.1 Å². The average Bonchev–Trinajstić information content (AvgIpc) is 1.39. The van der Waals surface area contributed by atoms with Crippen LogP contribution >= 0.6 is 11.3 Å². The minimum absolute atomic E-state index is 0. The van der Waals surface area contributed by atoms with Crippen LogP contribution in [0, 0.1) is 41.7 Å². The van der Waals surface area contributed by atoms with Gasteiger partial charge in [-0.25, -0.2) is 0 Å². The number of ketones is 1. The molecule has 1 N–H and O–H groups in total. The number of nitrogens with zero attached hydrogens (tertiary/aromatic N) is 2. The van der Waals surface area contributed by atoms with Gasteiger partial charge in [0.2, 0.25) is 0 Å². The molecule has 0 unspecified atom stereocenters. The Morgan fingerprint density at radius 1 is 0.556 bits per heavy atom. The third kappa shape index (κ3) is 17.0. The third-order valence-corrected chi connectivity index (χ3v) is 18.2. The van der Waals surface area contributed by atoms with Crippen LogP contribution < -0.4 is 0 Å². The molecule has 0 fully saturated rings. The van der Waals surface area contributed by atoms with E-state index in [4.69, 9.17) is 4.98 Å². The molecular weight excluding hydrogens is 1310 g/mol. The molecule has 0 aliphatic heterocycles. The molecule has 7 aromatic carbocycles. The first-order valence-electron chi connectivity index (χ1n) is 31.7. The summed E-state index contributed by atoms with van der Waals surface area (Å²) in [4.78, 5) is 20.9. The van der Waals surface area contributed by atoms with E-state index in [-0.39, 0.29) is 70.7 Å². The fourth-order valence-electron chi connectivity index (χ4n) is 12.0. The van der Waals surface area contributed by atoms with Crippen LogP contribution in [0.4, 0.5) is 13.2 Å². The van der Waals surface area contributed by atoms with Crippen molar-refractivity contribution in [3.63, 3.8) is 0 Å². The number of fused-ring (bicyclic) bond motifs is 5. The molecule has 3 heterocycles. The van der Waals surface area contributed by atoms with Crippen molar-refractivity contribution in [2.24, 2.45) is 22.7 Å². The number of carbonyl (C=O) groups is 1. The number of allylic oxidation sites excluding steroid dienone is 2. The van der Waals surface area contributed by atoms with Crippen molar-refractivity contribution >= 4 is 58.8 Å². The van der Waals surface area contributed by atoms with Gasteiger partial charge in [0.05, 0.1) is 11.3 Å². The number of halogens is 3. The number of rotatable bonds is 13. The molecule has 0 saturated heterocycles. The number of aryl methyl sites for hydroxylation is 1. The van der Waals surface area contributed by atoms with E-state index in [1.807, 2.05) is 81.6 Å². The Kier molecular flexibility index (Phi) is 22.6. The predicted octanol–water partition coefficient (Wildman–Crippen LogP) is 24.1. The molecule has 0 aliphatic rings. The largest absolute Gasteiger partial charge is 0.512 e. The van der Waals surface area contributed by atoms with Gasteiger partial charge in [0.15, 0.2) is 5.78 Å². The van der Waals surface area contributed by atoms with E-state index in [1.165, 1.54) is 53.9 Å². The molecule has 3 aromatic heterocycles. The second-order valence-electron chi connectivity index (χ2n) is 28.5. The summed E-state index contributed by atoms with van der Waals surface area (Å²) in [5.41, 5.74) is 12.0. The Bertz CT molecular complexity index is 4140. The number of aliphatic hydroxyl groups is 1. The Balaban J connectivity index is 0.000000210. The number of hydrogen-bond acceptors (Lipinski definition) is 5. The van der Waals surface area contributed by atoms with Crippen LogP contribution in [0.15, 0.2) is 158 Å². The second kappa shape index (κ2) is 28.8. The van der Waals surface area contributed by atoms with Gasteiger partial charge in [-0.3, -0.25) is 14.8 Å². The van der Waals surface area contributed by atoms with Crippen molar-refractivity contribution in [2.75, 3.05) is 0 Å². The predicted molar refractivity (Wildman–Crippen MR) is 373 cm³/mol. The molecular formula is C81H91F3IrN2O2S-2. The molecule has 0 saturated carbocycles. The molecule has 0 spiro atoms. The first kappa shape index (κ1) is 70.7. The monoisotopic (exact) mass is 1410 g/mol. The first-order chi connectivity index (χ1) is 41.8. The molecule has 0 atom stereocenters. The number of hydrogen-bond donors (Lipinski definition) is 1. The number of benzene rings is 7. The summed E-state index contributed by atoms with van der Waals surface area (Å²) in [6, 6.07) is 52.0. The van der Waals surface area contributed by atoms with Gasteiger partial charge in [0.25, 0.3) is 0 Å². The van der Waals surface area contributed by atoms with Gasteiger partial charge in [-0.05, 0) is 118 Å². The molecule has 10 rings (SSSR count). The van der Waals surface area contributed by atoms with Crippen molar-refractivity contribution in [2.45, 2.75) is 173 Å². The van der Waals surface area contributed by atoms with Gasteiger partial charge in [-0.2, -0.15) is 13.2 Å². The van der Waals surface area contributed by atoms with Crippen LogP contribution in [0.1, 0.15) is 170 Å². The zero-order chi connectivity index (χ0) is 65.0. The standard InChI is InChI=1S/C37H35F3N.C31H32NS.C13H24O2.Ir/c1-35(2,3)22-24-11-13-25(14-12-24)26-15-17-27(18-16-26)31-21-34(41-23-33(31)37(38,39)40)29-19-28-9-7-8-10-30(28)32(20-29)36(4,5)6;1-19-21(18-30(2,3)4)12-13-24-25-14-15-32-27(29(25)33-28(19)24)22-16-20-10-8-9-11-23(20)26(17-22)31(5,6)7;1-5-10(6-2)12(14)9-13(15)11(7-3)8-4;/h7-18,20-21,23H,22H2,1-6H3;8-15,17H,18H2,1-7H3;9-11,14H,5-8H2,1-4H3;/q2*-1;;/b;;12-9-;. The van der Waals surface area contributed by atoms with Crippen LogP contribution in [-0.2, 0) is 54.7 Å². The zero-order valence-corrected chi connectivity index (χ0v) is 59.2. The summed E-state index contributed by atoms with van der Waals surface area (Å²) >= 11 is 1.89. The summed E-state index contributed by atoms with van der Waals surface area (Å²) in [7, 11) is 0. The fourth-order valence-corrected chi connectivity index (χ4v) is 13.3. The van der Waals surface area contributed by atoms with Crippen LogP contribution in [0.2, 0.25) is 0 Å². The van der Waals surface area contributed by atoms with Crippen molar-refractivity contribution in [1.29, 1.82) is 0 Å². The maximum absolute atomic E-state index is 14.1. The number of thiophene rings is 1. The number of aliphatic hydroxyl groups excluding tert-OH is 1. The minimum atomic E-state index is -4.54. The van der Waals surface area contributed by atoms with Gasteiger partial charge in [-0.1, -0.05) is 236 Å². The Morgan fingerprint density at radius 3 is 1.56 bits per heavy atom. The Morgan fingerprint density at radius 2 is 1.04 bits per heavy atom. The average molecular weight is 1410 g/mol. The zero-order valence-electron chi connectivity index (χ0n) is 56.0. The molecule has 9 heteroatoms. The first-order valence-corrected chi connectivity index (χ1v) is 32.6. The van der Waals surface area contributed by atoms with E-state index in [2.05, 4.69) is 186 Å². The van der Waals surface area contributed by atoms with Gasteiger partial charge < -0.3 is 5.11 Å². The molecule has 0 amide bonds. The fraction of sp³-hybridized carbons (Fsp3) is 0.370. The van der Waals surface area contributed by atoms with E-state index >= 15 is 0 Å². The summed E-state index contributed by atoms with van der Waals surface area (Å²) in [5.74, 6) is 0.547. The number of aromatic nitrogens is 2. The van der Waals surface area contributed by atoms with Crippen molar-refractivity contribution in [1.82, 2.24) is 9.97 Å². The summed E-state index contributed by atoms with van der Waals surface area (Å²) in [6.45, 7) is 37.2. The SMILES string of the molecule is CC(C)(C)Cc1ccc(-c2ccc(-c3cc(-c4[c-]c5ccccc5c(C(C)(C)C)c4)ncc3C(F)(F)F)cc2)cc1.CCC(CC)C(=O)/C=C(\O)C(CC)CC.Cc1c(CC(C)(C)C)ccc2c1sc1c(-c3[c-]c4ccccc4c(C(C)(C)C)c3)nccc12.[Ir]. The van der Waals surface area contributed by atoms with E-state index in [0.717, 1.165) is 88.8 Å². The molecule has 4 nitrogen and oxygen atoms in total. The molecule has 0 aliphatic carbocycles. The molecule has 10 aromatic rings. The minimum Gasteiger partial charge on any atom is -0.512 e. The van der Waals surface area contributed by atoms with Crippen LogP contribution in [0.5, 0.6) is 0 Å². The van der Waals surface area contributed by atoms with Crippen molar-refractivity contribution in [3.05, 3.63) is 203 Å². The molecule has 1 radical (unpaired) electrons. The van der Waals surface area contributed by atoms with Gasteiger partial charge in [0.1, 0.15) is 0 Å². The van der Waals surface area contributed by atoms with Crippen LogP contribution in [0.3, 0.4) is 0 Å². The van der Waals surface area contributed by atoms with Gasteiger partial charge in [0, 0.05) is 76.6 Å². The maximum Gasteiger partial charge on any atom is 0.418 e. The molecule has 475 valence electrons. The summed E-state index contributed by atoms with van der Waals surface area (Å²) in [6.07, 6.45) is 5.34. The van der Waals surface area contributed by atoms with Crippen LogP contribution in [-0.4, -0.2) is 20.9 Å². The quantitative estimate of drug-likeness (QED) is 0.0710. The normalized spacial score (nSPS) is 12.5.